The van der Waals surface area contributed by atoms with E-state index in [1.165, 1.54) is 60.1 Å². The Morgan fingerprint density at radius 2 is 1.31 bits per heavy atom. The number of methoxy groups -OCH3 is 1. The number of halogens is 8. The Kier molecular flexibility index (Phi) is 25.7. The van der Waals surface area contributed by atoms with Crippen LogP contribution < -0.4 is 54.1 Å². The number of amides is 7. The number of carboxylic acids is 2. The van der Waals surface area contributed by atoms with Crippen LogP contribution in [0.15, 0.2) is 87.7 Å². The first kappa shape index (κ1) is 74.5. The van der Waals surface area contributed by atoms with E-state index in [0.29, 0.717) is 30.1 Å². The Labute approximate surface area is 524 Å². The minimum Gasteiger partial charge on any atom is -0.481 e. The van der Waals surface area contributed by atoms with Crippen molar-refractivity contribution in [1.82, 2.24) is 39.7 Å². The predicted molar refractivity (Wildman–Crippen MR) is 303 cm³/mol. The van der Waals surface area contributed by atoms with Crippen molar-refractivity contribution in [3.8, 4) is 35.9 Å². The van der Waals surface area contributed by atoms with Crippen molar-refractivity contribution in [2.75, 3.05) is 53.5 Å². The van der Waals surface area contributed by atoms with Gasteiger partial charge in [0.1, 0.15) is 16.5 Å². The third-order valence-electron chi connectivity index (χ3n) is 11.7. The number of hydrogen-bond acceptors (Lipinski definition) is 22. The third kappa shape index (κ3) is 22.0. The standard InChI is InChI=1S/C19H15FN2O4.C15H16F3N5O4S.C14H10F4N4O7S.C3H8NO5P/c1-2-7-21-15-9-14(13(20)8-16(15)26-10-17(21)23)22-18(24)11-5-3-4-6-12(11)19(22)25;1-9-19-12(22-14(20-9)27-2)21-13(24)23-28(25,26)11-6-4-3-5-10(11)7-8-15(16,17)18;15-11(16)28-8-5-9(29-12(17)18)20-13(19-8)21-14(25)22-30(26,27)7-4-2-1-3-6(7)10(23)24;5-3(6)1-4-2-10(7,8)9/h1,8-9H,3-7,10H2;3-6H,7-8H2,1-2H3,(H2,19,20,21,22,23,24);1-5,11-12H,(H,23,24)(H2,19,20,21,22,25);4H,1-2H2,(H,5,6)(H2,7,8,9). The van der Waals surface area contributed by atoms with Crippen molar-refractivity contribution >= 4 is 92.6 Å². The minimum absolute atomic E-state index is 0.0170. The van der Waals surface area contributed by atoms with Crippen molar-refractivity contribution in [2.45, 2.75) is 74.6 Å². The molecule has 7 amide bonds. The molecule has 0 atom stereocenters. The normalized spacial score (nSPS) is 13.6. The van der Waals surface area contributed by atoms with Gasteiger partial charge in [-0.1, -0.05) is 36.3 Å². The number of alkyl halides is 7. The van der Waals surface area contributed by atoms with Crippen molar-refractivity contribution in [1.29, 1.82) is 0 Å². The number of ether oxygens (including phenoxy) is 4. The molecule has 2 aliphatic heterocycles. The Morgan fingerprint density at radius 3 is 1.82 bits per heavy atom. The van der Waals surface area contributed by atoms with Gasteiger partial charge in [-0.05, 0) is 68.9 Å². The van der Waals surface area contributed by atoms with Gasteiger partial charge in [0.2, 0.25) is 23.7 Å². The maximum Gasteiger partial charge on any atom is 0.389 e. The summed E-state index contributed by atoms with van der Waals surface area (Å²) in [5, 5.41) is 22.9. The van der Waals surface area contributed by atoms with Crippen molar-refractivity contribution in [3.05, 3.63) is 101 Å². The molecule has 1 aliphatic carbocycles. The average molecular weight is 1400 g/mol. The Hall–Kier alpha value is -10.2. The maximum absolute atomic E-state index is 14.7. The summed E-state index contributed by atoms with van der Waals surface area (Å²) in [5.41, 5.74) is 0.277. The number of nitrogens with zero attached hydrogens (tertiary/aromatic N) is 7. The summed E-state index contributed by atoms with van der Waals surface area (Å²) in [5.74, 6) is -5.25. The number of aromatic nitrogens is 5. The van der Waals surface area contributed by atoms with Gasteiger partial charge in [-0.3, -0.25) is 44.6 Å². The van der Waals surface area contributed by atoms with E-state index in [1.807, 2.05) is 0 Å². The third-order valence-corrected chi connectivity index (χ3v) is 15.2. The molecule has 5 aromatic rings. The van der Waals surface area contributed by atoms with E-state index < -0.39 is 147 Å². The van der Waals surface area contributed by atoms with Crippen LogP contribution in [-0.2, 0) is 50.2 Å². The average Bonchev–Trinajstić information content (AvgIpc) is 1.55. The molecule has 94 heavy (non-hydrogen) atoms. The van der Waals surface area contributed by atoms with Gasteiger partial charge in [0.25, 0.3) is 37.8 Å². The van der Waals surface area contributed by atoms with Crippen LogP contribution in [0.25, 0.3) is 0 Å². The lowest BCUT2D eigenvalue weighted by Crippen LogP contribution is -2.39. The summed E-state index contributed by atoms with van der Waals surface area (Å²) in [6, 6.07) is 9.40. The van der Waals surface area contributed by atoms with E-state index in [0.717, 1.165) is 42.0 Å². The molecule has 43 heteroatoms. The number of aryl methyl sites for hydroxylation is 2. The molecule has 0 saturated heterocycles. The number of nitrogens with one attached hydrogen (secondary N) is 5. The molecular weight excluding hydrogens is 1350 g/mol. The van der Waals surface area contributed by atoms with Crippen LogP contribution in [0, 0.1) is 25.1 Å². The largest absolute Gasteiger partial charge is 0.481 e. The number of carbonyl (C=O) groups is 7. The Morgan fingerprint density at radius 1 is 0.777 bits per heavy atom. The molecule has 0 spiro atoms. The van der Waals surface area contributed by atoms with Gasteiger partial charge in [0.05, 0.1) is 54.4 Å². The van der Waals surface area contributed by atoms with E-state index in [4.69, 9.17) is 35.9 Å². The van der Waals surface area contributed by atoms with Crippen LogP contribution in [-0.4, -0.2) is 156 Å². The quantitative estimate of drug-likeness (QED) is 0.0218. The number of carbonyl (C=O) groups excluding carboxylic acids is 5. The summed E-state index contributed by atoms with van der Waals surface area (Å²) < 4.78 is 182. The number of terminal acetylenes is 1. The second-order valence-electron chi connectivity index (χ2n) is 18.5. The highest BCUT2D eigenvalue weighted by Crippen LogP contribution is 2.42. The van der Waals surface area contributed by atoms with E-state index >= 15 is 0 Å². The molecule has 9 N–H and O–H groups in total. The fourth-order valence-electron chi connectivity index (χ4n) is 8.02. The van der Waals surface area contributed by atoms with Gasteiger partial charge in [-0.15, -0.1) is 6.42 Å². The molecule has 0 radical (unpaired) electrons. The van der Waals surface area contributed by atoms with E-state index in [2.05, 4.69) is 50.9 Å². The maximum atomic E-state index is 14.7. The minimum atomic E-state index is -4.71. The zero-order valence-electron chi connectivity index (χ0n) is 47.9. The van der Waals surface area contributed by atoms with Crippen molar-refractivity contribution in [2.24, 2.45) is 0 Å². The van der Waals surface area contributed by atoms with Gasteiger partial charge < -0.3 is 38.9 Å². The zero-order valence-corrected chi connectivity index (χ0v) is 50.4. The molecule has 0 fully saturated rings. The molecular formula is C51H49F8N12O20PS2. The van der Waals surface area contributed by atoms with Crippen LogP contribution in [0.2, 0.25) is 0 Å². The number of hydrogen-bond donors (Lipinski definition) is 9. The van der Waals surface area contributed by atoms with Gasteiger partial charge in [-0.2, -0.15) is 55.7 Å². The summed E-state index contributed by atoms with van der Waals surface area (Å²) in [6.07, 6.45) is 1.22. The van der Waals surface area contributed by atoms with Gasteiger partial charge in [-0.25, -0.2) is 50.0 Å². The number of imide groups is 1. The number of urea groups is 2. The first-order valence-corrected chi connectivity index (χ1v) is 30.7. The number of aromatic carboxylic acids is 1. The molecule has 32 nitrogen and oxygen atoms in total. The second kappa shape index (κ2) is 32.4. The lowest BCUT2D eigenvalue weighted by atomic mass is 9.93. The number of fused-ring (bicyclic) bond motifs is 1. The van der Waals surface area contributed by atoms with Gasteiger partial charge >= 0.3 is 57.0 Å². The highest BCUT2D eigenvalue weighted by molar-refractivity contribution is 7.90. The molecule has 0 bridgehead atoms. The van der Waals surface area contributed by atoms with E-state index in [-0.39, 0.29) is 59.5 Å². The highest BCUT2D eigenvalue weighted by Gasteiger charge is 2.42. The number of benzene rings is 3. The first-order chi connectivity index (χ1) is 43.9. The monoisotopic (exact) mass is 1400 g/mol. The molecule has 3 aromatic carbocycles. The Bertz CT molecular complexity index is 4010. The lowest BCUT2D eigenvalue weighted by molar-refractivity contribution is -0.136. The topological polar surface area (TPSA) is 454 Å². The number of sulfonamides is 2. The number of anilines is 4. The Balaban J connectivity index is 0.000000238. The summed E-state index contributed by atoms with van der Waals surface area (Å²) in [4.78, 5) is 117. The number of carboxylic acid groups (broad SMARTS) is 2. The first-order valence-electron chi connectivity index (χ1n) is 25.9. The van der Waals surface area contributed by atoms with Crippen LogP contribution in [0.5, 0.6) is 23.5 Å². The van der Waals surface area contributed by atoms with Crippen LogP contribution in [0.1, 0.15) is 53.8 Å². The molecule has 8 rings (SSSR count). The smallest absolute Gasteiger partial charge is 0.389 e. The predicted octanol–water partition coefficient (Wildman–Crippen LogP) is 4.81. The zero-order chi connectivity index (χ0) is 70.0. The van der Waals surface area contributed by atoms with E-state index in [1.54, 1.807) is 10.0 Å². The molecule has 0 saturated carbocycles. The highest BCUT2D eigenvalue weighted by atomic mass is 32.2. The number of rotatable bonds is 20. The number of aliphatic carboxylic acids is 1. The molecule has 4 heterocycles. The fourth-order valence-corrected chi connectivity index (χ4v) is 10.7. The van der Waals surface area contributed by atoms with Gasteiger partial charge in [0, 0.05) is 23.6 Å². The van der Waals surface area contributed by atoms with E-state index in [9.17, 15) is 90.1 Å². The molecule has 0 unspecified atom stereocenters. The van der Waals surface area contributed by atoms with Gasteiger partial charge in [0.15, 0.2) is 12.4 Å². The SMILES string of the molecule is C#CCN1C(=O)COc2cc(F)c(N3C(=O)C4=C(CCCC4)C3=O)cc21.COc1nc(C)nc(NC(=O)NS(=O)(=O)c2ccccc2CCC(F)(F)F)n1.O=C(Nc1nc(OC(F)F)cc(OC(F)F)n1)NS(=O)(=O)c1ccccc1C(=O)O.O=C(O)CNCP(=O)(O)O. The van der Waals surface area contributed by atoms with Crippen molar-refractivity contribution in [3.63, 3.8) is 0 Å². The van der Waals surface area contributed by atoms with Crippen LogP contribution in [0.4, 0.5) is 68.0 Å². The second-order valence-corrected chi connectivity index (χ2v) is 23.4. The van der Waals surface area contributed by atoms with Crippen LogP contribution >= 0.6 is 7.60 Å². The lowest BCUT2D eigenvalue weighted by Gasteiger charge is -2.29. The summed E-state index contributed by atoms with van der Waals surface area (Å²) in [7, 11) is -12.0. The van der Waals surface area contributed by atoms with Crippen LogP contribution in [0.3, 0.4) is 0 Å². The van der Waals surface area contributed by atoms with Crippen molar-refractivity contribution < 1.29 is 129 Å². The summed E-state index contributed by atoms with van der Waals surface area (Å²) in [6.45, 7) is -6.02. The summed E-state index contributed by atoms with van der Waals surface area (Å²) >= 11 is 0. The molecule has 3 aliphatic rings. The molecule has 2 aromatic heterocycles. The fraction of sp³-hybridized carbons (Fsp3) is 0.294. The molecule has 506 valence electrons.